The van der Waals surface area contributed by atoms with Crippen molar-refractivity contribution < 1.29 is 4.79 Å². The Labute approximate surface area is 120 Å². The molecule has 0 spiro atoms. The number of hydrogen-bond donors (Lipinski definition) is 1. The van der Waals surface area contributed by atoms with Crippen LogP contribution < -0.4 is 5.73 Å². The van der Waals surface area contributed by atoms with E-state index in [2.05, 4.69) is 0 Å². The topological polar surface area (TPSA) is 46.3 Å². The van der Waals surface area contributed by atoms with Crippen molar-refractivity contribution in [1.29, 1.82) is 0 Å². The second-order valence-corrected chi connectivity index (χ2v) is 4.98. The molecule has 2 rings (SSSR count). The van der Waals surface area contributed by atoms with E-state index in [0.717, 1.165) is 11.1 Å². The Morgan fingerprint density at radius 3 is 2.05 bits per heavy atom. The fourth-order valence-electron chi connectivity index (χ4n) is 2.17. The van der Waals surface area contributed by atoms with E-state index < -0.39 is 6.04 Å². The highest BCUT2D eigenvalue weighted by Crippen LogP contribution is 2.07. The molecule has 20 heavy (non-hydrogen) atoms. The molecular weight excluding hydrogens is 248 g/mol. The zero-order valence-corrected chi connectivity index (χ0v) is 11.7. The first-order chi connectivity index (χ1) is 9.66. The minimum atomic E-state index is -0.494. The lowest BCUT2D eigenvalue weighted by Crippen LogP contribution is -2.42. The summed E-state index contributed by atoms with van der Waals surface area (Å²) in [5, 5.41) is 0. The van der Waals surface area contributed by atoms with Gasteiger partial charge in [0.25, 0.3) is 0 Å². The van der Waals surface area contributed by atoms with Crippen LogP contribution >= 0.6 is 0 Å². The Hall–Kier alpha value is -2.13. The van der Waals surface area contributed by atoms with E-state index in [1.807, 2.05) is 60.7 Å². The predicted octanol–water partition coefficient (Wildman–Crippen LogP) is 2.21. The molecule has 3 heteroatoms. The van der Waals surface area contributed by atoms with Gasteiger partial charge in [-0.25, -0.2) is 0 Å². The number of rotatable bonds is 5. The molecule has 0 radical (unpaired) electrons. The highest BCUT2D eigenvalue weighted by Gasteiger charge is 2.18. The van der Waals surface area contributed by atoms with Crippen LogP contribution in [0.1, 0.15) is 11.1 Å². The maximum absolute atomic E-state index is 12.3. The number of carbonyl (C=O) groups is 1. The number of carbonyl (C=O) groups excluding carboxylic acids is 1. The van der Waals surface area contributed by atoms with Crippen molar-refractivity contribution in [3.05, 3.63) is 71.8 Å². The van der Waals surface area contributed by atoms with Crippen LogP contribution in [0.15, 0.2) is 60.7 Å². The third-order valence-electron chi connectivity index (χ3n) is 3.25. The van der Waals surface area contributed by atoms with Crippen molar-refractivity contribution in [2.45, 2.75) is 19.0 Å². The van der Waals surface area contributed by atoms with Crippen molar-refractivity contribution in [3.63, 3.8) is 0 Å². The summed E-state index contributed by atoms with van der Waals surface area (Å²) < 4.78 is 0. The van der Waals surface area contributed by atoms with Crippen molar-refractivity contribution in [3.8, 4) is 0 Å². The summed E-state index contributed by atoms with van der Waals surface area (Å²) in [4.78, 5) is 13.9. The predicted molar refractivity (Wildman–Crippen MR) is 81.0 cm³/mol. The standard InChI is InChI=1S/C17H20N2O/c1-19(13-15-10-6-3-7-11-15)17(20)16(18)12-14-8-4-2-5-9-14/h2-11,16H,12-13,18H2,1H3. The van der Waals surface area contributed by atoms with E-state index in [1.54, 1.807) is 11.9 Å². The number of nitrogens with two attached hydrogens (primary N) is 1. The fourth-order valence-corrected chi connectivity index (χ4v) is 2.17. The summed E-state index contributed by atoms with van der Waals surface area (Å²) in [5.41, 5.74) is 8.20. The normalized spacial score (nSPS) is 11.9. The maximum Gasteiger partial charge on any atom is 0.239 e. The number of hydrogen-bond acceptors (Lipinski definition) is 2. The van der Waals surface area contributed by atoms with E-state index >= 15 is 0 Å². The average Bonchev–Trinajstić information content (AvgIpc) is 2.48. The average molecular weight is 268 g/mol. The lowest BCUT2D eigenvalue weighted by molar-refractivity contribution is -0.131. The van der Waals surface area contributed by atoms with Gasteiger partial charge in [-0.15, -0.1) is 0 Å². The number of likely N-dealkylation sites (N-methyl/N-ethyl adjacent to an activating group) is 1. The van der Waals surface area contributed by atoms with Crippen molar-refractivity contribution in [1.82, 2.24) is 4.90 Å². The smallest absolute Gasteiger partial charge is 0.239 e. The highest BCUT2D eigenvalue weighted by molar-refractivity contribution is 5.81. The van der Waals surface area contributed by atoms with Gasteiger partial charge in [0.2, 0.25) is 5.91 Å². The van der Waals surface area contributed by atoms with Gasteiger partial charge in [-0.3, -0.25) is 4.79 Å². The zero-order valence-electron chi connectivity index (χ0n) is 11.7. The fraction of sp³-hybridized carbons (Fsp3) is 0.235. The van der Waals surface area contributed by atoms with Crippen LogP contribution in [0.3, 0.4) is 0 Å². The Morgan fingerprint density at radius 2 is 1.50 bits per heavy atom. The van der Waals surface area contributed by atoms with Crippen LogP contribution in [-0.2, 0) is 17.8 Å². The van der Waals surface area contributed by atoms with Crippen molar-refractivity contribution in [2.24, 2.45) is 5.73 Å². The minimum Gasteiger partial charge on any atom is -0.340 e. The third kappa shape index (κ3) is 3.93. The van der Waals surface area contributed by atoms with Gasteiger partial charge in [0.1, 0.15) is 0 Å². The Morgan fingerprint density at radius 1 is 1.00 bits per heavy atom. The molecule has 0 saturated heterocycles. The van der Waals surface area contributed by atoms with Gasteiger partial charge >= 0.3 is 0 Å². The van der Waals surface area contributed by atoms with E-state index in [9.17, 15) is 4.79 Å². The molecule has 0 heterocycles. The first kappa shape index (κ1) is 14.3. The molecule has 0 fully saturated rings. The van der Waals surface area contributed by atoms with Crippen LogP contribution in [0.4, 0.5) is 0 Å². The minimum absolute atomic E-state index is 0.0299. The van der Waals surface area contributed by atoms with Gasteiger partial charge in [0.05, 0.1) is 6.04 Å². The molecule has 3 nitrogen and oxygen atoms in total. The van der Waals surface area contributed by atoms with Crippen LogP contribution in [0.2, 0.25) is 0 Å². The van der Waals surface area contributed by atoms with Crippen LogP contribution in [-0.4, -0.2) is 23.9 Å². The molecule has 2 aromatic carbocycles. The highest BCUT2D eigenvalue weighted by atomic mass is 16.2. The molecule has 0 aliphatic rings. The van der Waals surface area contributed by atoms with Gasteiger partial charge in [-0.1, -0.05) is 60.7 Å². The zero-order chi connectivity index (χ0) is 14.4. The summed E-state index contributed by atoms with van der Waals surface area (Å²) in [7, 11) is 1.79. The summed E-state index contributed by atoms with van der Waals surface area (Å²) in [5.74, 6) is -0.0299. The molecule has 0 aromatic heterocycles. The summed E-state index contributed by atoms with van der Waals surface area (Å²) in [6.45, 7) is 0.585. The lowest BCUT2D eigenvalue weighted by Gasteiger charge is -2.21. The molecule has 1 atom stereocenters. The second kappa shape index (κ2) is 6.87. The molecule has 1 unspecified atom stereocenters. The Bertz CT molecular complexity index is 490. The van der Waals surface area contributed by atoms with Gasteiger partial charge < -0.3 is 10.6 Å². The molecule has 0 aliphatic heterocycles. The largest absolute Gasteiger partial charge is 0.340 e. The van der Waals surface area contributed by atoms with E-state index in [0.29, 0.717) is 13.0 Å². The number of nitrogens with zero attached hydrogens (tertiary/aromatic N) is 1. The number of amides is 1. The molecule has 2 aromatic rings. The van der Waals surface area contributed by atoms with Gasteiger partial charge in [-0.2, -0.15) is 0 Å². The first-order valence-electron chi connectivity index (χ1n) is 6.75. The molecule has 2 N–H and O–H groups in total. The molecular formula is C17H20N2O. The second-order valence-electron chi connectivity index (χ2n) is 4.98. The van der Waals surface area contributed by atoms with Crippen molar-refractivity contribution in [2.75, 3.05) is 7.05 Å². The van der Waals surface area contributed by atoms with Crippen molar-refractivity contribution >= 4 is 5.91 Å². The maximum atomic E-state index is 12.3. The summed E-state index contributed by atoms with van der Waals surface area (Å²) in [6.07, 6.45) is 0.568. The summed E-state index contributed by atoms with van der Waals surface area (Å²) in [6, 6.07) is 19.3. The Balaban J connectivity index is 1.93. The van der Waals surface area contributed by atoms with Gasteiger partial charge in [-0.05, 0) is 17.5 Å². The van der Waals surface area contributed by atoms with Gasteiger partial charge in [0.15, 0.2) is 0 Å². The number of benzene rings is 2. The van der Waals surface area contributed by atoms with Crippen LogP contribution in [0.25, 0.3) is 0 Å². The molecule has 0 bridgehead atoms. The molecule has 0 aliphatic carbocycles. The van der Waals surface area contributed by atoms with E-state index in [4.69, 9.17) is 5.73 Å². The monoisotopic (exact) mass is 268 g/mol. The van der Waals surface area contributed by atoms with Crippen LogP contribution in [0, 0.1) is 0 Å². The first-order valence-corrected chi connectivity index (χ1v) is 6.75. The van der Waals surface area contributed by atoms with Crippen LogP contribution in [0.5, 0.6) is 0 Å². The quantitative estimate of drug-likeness (QED) is 0.903. The molecule has 104 valence electrons. The van der Waals surface area contributed by atoms with E-state index in [1.165, 1.54) is 0 Å². The van der Waals surface area contributed by atoms with E-state index in [-0.39, 0.29) is 5.91 Å². The third-order valence-corrected chi connectivity index (χ3v) is 3.25. The SMILES string of the molecule is CN(Cc1ccccc1)C(=O)C(N)Cc1ccccc1. The summed E-state index contributed by atoms with van der Waals surface area (Å²) >= 11 is 0. The molecule has 1 amide bonds. The Kier molecular flexibility index (Phi) is 4.91. The van der Waals surface area contributed by atoms with Gasteiger partial charge in [0, 0.05) is 13.6 Å². The molecule has 0 saturated carbocycles. The lowest BCUT2D eigenvalue weighted by atomic mass is 10.1.